The van der Waals surface area contributed by atoms with E-state index in [1.807, 2.05) is 31.2 Å². The van der Waals surface area contributed by atoms with Gasteiger partial charge in [0, 0.05) is 11.8 Å². The van der Waals surface area contributed by atoms with Gasteiger partial charge in [-0.15, -0.1) is 0 Å². The van der Waals surface area contributed by atoms with E-state index in [1.165, 1.54) is 5.56 Å². The van der Waals surface area contributed by atoms with E-state index in [2.05, 4.69) is 6.07 Å². The summed E-state index contributed by atoms with van der Waals surface area (Å²) in [6, 6.07) is 13.6. The van der Waals surface area contributed by atoms with Crippen LogP contribution in [-0.4, -0.2) is 11.5 Å². The SMILES string of the molecule is Cc1cccc(CN2C(=O)C(C)(C)Oc3cc(N)ccc32)c1. The van der Waals surface area contributed by atoms with Gasteiger partial charge < -0.3 is 15.4 Å². The Bertz CT molecular complexity index is 738. The standard InChI is InChI=1S/C18H20N2O2/c1-12-5-4-6-13(9-12)11-20-15-8-7-14(19)10-16(15)22-18(2,3)17(20)21/h4-10H,11,19H2,1-3H3. The summed E-state index contributed by atoms with van der Waals surface area (Å²) in [5.41, 5.74) is 8.60. The van der Waals surface area contributed by atoms with Crippen molar-refractivity contribution in [3.8, 4) is 5.75 Å². The highest BCUT2D eigenvalue weighted by molar-refractivity contribution is 6.02. The lowest BCUT2D eigenvalue weighted by molar-refractivity contribution is -0.132. The largest absolute Gasteiger partial charge is 0.476 e. The average molecular weight is 296 g/mol. The van der Waals surface area contributed by atoms with E-state index in [4.69, 9.17) is 10.5 Å². The summed E-state index contributed by atoms with van der Waals surface area (Å²) in [6.07, 6.45) is 0. The molecule has 1 aliphatic heterocycles. The zero-order chi connectivity index (χ0) is 15.9. The number of anilines is 2. The zero-order valence-corrected chi connectivity index (χ0v) is 13.1. The fourth-order valence-electron chi connectivity index (χ4n) is 2.74. The number of nitrogens with two attached hydrogens (primary N) is 1. The Kier molecular flexibility index (Phi) is 3.32. The topological polar surface area (TPSA) is 55.6 Å². The van der Waals surface area contributed by atoms with E-state index >= 15 is 0 Å². The number of fused-ring (bicyclic) bond motifs is 1. The summed E-state index contributed by atoms with van der Waals surface area (Å²) in [5.74, 6) is 0.600. The summed E-state index contributed by atoms with van der Waals surface area (Å²) in [7, 11) is 0. The molecule has 1 aliphatic rings. The number of nitrogen functional groups attached to an aromatic ring is 1. The number of rotatable bonds is 2. The number of carbonyl (C=O) groups excluding carboxylic acids is 1. The molecule has 22 heavy (non-hydrogen) atoms. The molecule has 0 radical (unpaired) electrons. The summed E-state index contributed by atoms with van der Waals surface area (Å²) in [4.78, 5) is 14.5. The predicted octanol–water partition coefficient (Wildman–Crippen LogP) is 3.28. The van der Waals surface area contributed by atoms with Gasteiger partial charge in [-0.05, 0) is 38.5 Å². The minimum Gasteiger partial charge on any atom is -0.476 e. The zero-order valence-electron chi connectivity index (χ0n) is 13.1. The third kappa shape index (κ3) is 2.52. The first kappa shape index (κ1) is 14.4. The molecule has 0 aromatic heterocycles. The molecule has 0 bridgehead atoms. The average Bonchev–Trinajstić information content (AvgIpc) is 2.43. The quantitative estimate of drug-likeness (QED) is 0.865. The van der Waals surface area contributed by atoms with Gasteiger partial charge in [0.15, 0.2) is 5.60 Å². The Labute approximate surface area is 130 Å². The lowest BCUT2D eigenvalue weighted by Crippen LogP contribution is -2.52. The van der Waals surface area contributed by atoms with Crippen LogP contribution in [0, 0.1) is 6.92 Å². The number of hydrogen-bond donors (Lipinski definition) is 1. The molecule has 4 nitrogen and oxygen atoms in total. The Morgan fingerprint density at radius 2 is 1.95 bits per heavy atom. The lowest BCUT2D eigenvalue weighted by Gasteiger charge is -2.39. The van der Waals surface area contributed by atoms with Crippen molar-refractivity contribution in [1.82, 2.24) is 0 Å². The fraction of sp³-hybridized carbons (Fsp3) is 0.278. The van der Waals surface area contributed by atoms with Crippen LogP contribution in [-0.2, 0) is 11.3 Å². The van der Waals surface area contributed by atoms with Crippen molar-refractivity contribution in [3.63, 3.8) is 0 Å². The van der Waals surface area contributed by atoms with Crippen LogP contribution < -0.4 is 15.4 Å². The Balaban J connectivity index is 2.03. The molecule has 0 saturated heterocycles. The van der Waals surface area contributed by atoms with Gasteiger partial charge in [-0.2, -0.15) is 0 Å². The number of nitrogens with zero attached hydrogens (tertiary/aromatic N) is 1. The number of aryl methyl sites for hydroxylation is 1. The van der Waals surface area contributed by atoms with Gasteiger partial charge in [0.25, 0.3) is 5.91 Å². The number of benzene rings is 2. The summed E-state index contributed by atoms with van der Waals surface area (Å²) in [5, 5.41) is 0. The van der Waals surface area contributed by atoms with E-state index in [0.717, 1.165) is 11.3 Å². The number of amides is 1. The maximum atomic E-state index is 12.8. The molecular weight excluding hydrogens is 276 g/mol. The van der Waals surface area contributed by atoms with E-state index in [9.17, 15) is 4.79 Å². The van der Waals surface area contributed by atoms with Gasteiger partial charge in [0.2, 0.25) is 0 Å². The number of ether oxygens (including phenoxy) is 1. The fourth-order valence-corrected chi connectivity index (χ4v) is 2.74. The minimum absolute atomic E-state index is 0.0497. The highest BCUT2D eigenvalue weighted by Crippen LogP contribution is 2.39. The summed E-state index contributed by atoms with van der Waals surface area (Å²) >= 11 is 0. The first-order chi connectivity index (χ1) is 10.4. The van der Waals surface area contributed by atoms with Crippen molar-refractivity contribution in [1.29, 1.82) is 0 Å². The second-order valence-corrected chi connectivity index (χ2v) is 6.22. The van der Waals surface area contributed by atoms with E-state index < -0.39 is 5.60 Å². The minimum atomic E-state index is -0.898. The van der Waals surface area contributed by atoms with Gasteiger partial charge in [0.1, 0.15) is 5.75 Å². The van der Waals surface area contributed by atoms with Crippen molar-refractivity contribution in [3.05, 3.63) is 53.6 Å². The molecule has 0 unspecified atom stereocenters. The van der Waals surface area contributed by atoms with Gasteiger partial charge in [-0.1, -0.05) is 29.8 Å². The number of carbonyl (C=O) groups is 1. The molecule has 0 saturated carbocycles. The predicted molar refractivity (Wildman–Crippen MR) is 87.9 cm³/mol. The van der Waals surface area contributed by atoms with E-state index in [-0.39, 0.29) is 5.91 Å². The van der Waals surface area contributed by atoms with Gasteiger partial charge >= 0.3 is 0 Å². The molecule has 1 heterocycles. The normalized spacial score (nSPS) is 16.1. The number of hydrogen-bond acceptors (Lipinski definition) is 3. The molecule has 0 aliphatic carbocycles. The highest BCUT2D eigenvalue weighted by Gasteiger charge is 2.40. The maximum absolute atomic E-state index is 12.8. The van der Waals surface area contributed by atoms with Gasteiger partial charge in [0.05, 0.1) is 12.2 Å². The molecule has 1 amide bonds. The van der Waals surface area contributed by atoms with Crippen LogP contribution in [0.4, 0.5) is 11.4 Å². The van der Waals surface area contributed by atoms with Crippen molar-refractivity contribution in [2.45, 2.75) is 32.9 Å². The Morgan fingerprint density at radius 1 is 1.18 bits per heavy atom. The highest BCUT2D eigenvalue weighted by atomic mass is 16.5. The molecule has 114 valence electrons. The van der Waals surface area contributed by atoms with Crippen LogP contribution >= 0.6 is 0 Å². The third-order valence-electron chi connectivity index (χ3n) is 3.82. The second-order valence-electron chi connectivity index (χ2n) is 6.22. The van der Waals surface area contributed by atoms with Crippen molar-refractivity contribution >= 4 is 17.3 Å². The van der Waals surface area contributed by atoms with E-state index in [0.29, 0.717) is 18.0 Å². The first-order valence-corrected chi connectivity index (χ1v) is 7.33. The molecule has 2 N–H and O–H groups in total. The van der Waals surface area contributed by atoms with Crippen molar-refractivity contribution in [2.24, 2.45) is 0 Å². The molecule has 0 spiro atoms. The summed E-state index contributed by atoms with van der Waals surface area (Å²) < 4.78 is 5.83. The molecule has 0 fully saturated rings. The summed E-state index contributed by atoms with van der Waals surface area (Å²) in [6.45, 7) is 6.13. The third-order valence-corrected chi connectivity index (χ3v) is 3.82. The smallest absolute Gasteiger partial charge is 0.271 e. The molecule has 2 aromatic carbocycles. The lowest BCUT2D eigenvalue weighted by atomic mass is 10.0. The van der Waals surface area contributed by atoms with Crippen LogP contribution in [0.3, 0.4) is 0 Å². The van der Waals surface area contributed by atoms with Gasteiger partial charge in [-0.25, -0.2) is 0 Å². The molecular formula is C18H20N2O2. The molecule has 3 rings (SSSR count). The van der Waals surface area contributed by atoms with Crippen LogP contribution in [0.1, 0.15) is 25.0 Å². The molecule has 4 heteroatoms. The van der Waals surface area contributed by atoms with E-state index in [1.54, 1.807) is 30.9 Å². The molecule has 0 atom stereocenters. The van der Waals surface area contributed by atoms with Crippen LogP contribution in [0.25, 0.3) is 0 Å². The van der Waals surface area contributed by atoms with Crippen LogP contribution in [0.2, 0.25) is 0 Å². The van der Waals surface area contributed by atoms with Crippen molar-refractivity contribution < 1.29 is 9.53 Å². The monoisotopic (exact) mass is 296 g/mol. The second kappa shape index (κ2) is 5.05. The Morgan fingerprint density at radius 3 is 2.68 bits per heavy atom. The Hall–Kier alpha value is -2.49. The maximum Gasteiger partial charge on any atom is 0.271 e. The molecule has 2 aromatic rings. The van der Waals surface area contributed by atoms with Crippen molar-refractivity contribution in [2.75, 3.05) is 10.6 Å². The van der Waals surface area contributed by atoms with Crippen LogP contribution in [0.5, 0.6) is 5.75 Å². The van der Waals surface area contributed by atoms with Crippen LogP contribution in [0.15, 0.2) is 42.5 Å². The first-order valence-electron chi connectivity index (χ1n) is 7.33. The van der Waals surface area contributed by atoms with Gasteiger partial charge in [-0.3, -0.25) is 4.79 Å².